The zero-order valence-electron chi connectivity index (χ0n) is 10.7. The van der Waals surface area contributed by atoms with E-state index in [1.807, 2.05) is 30.3 Å². The smallest absolute Gasteiger partial charge is 0.231 e. The van der Waals surface area contributed by atoms with E-state index in [9.17, 15) is 0 Å². The fourth-order valence-corrected chi connectivity index (χ4v) is 2.49. The Kier molecular flexibility index (Phi) is 2.89. The summed E-state index contributed by atoms with van der Waals surface area (Å²) in [5.74, 6) is 2.54. The number of hydrogen-bond donors (Lipinski definition) is 0. The van der Waals surface area contributed by atoms with Gasteiger partial charge in [0.05, 0.1) is 10.9 Å². The molecule has 2 heterocycles. The molecule has 0 spiro atoms. The minimum atomic E-state index is 0.239. The number of ether oxygens (including phenoxy) is 3. The van der Waals surface area contributed by atoms with E-state index in [0.717, 1.165) is 21.1 Å². The molecule has 0 fully saturated rings. The van der Waals surface area contributed by atoms with E-state index >= 15 is 0 Å². The Morgan fingerprint density at radius 1 is 1.00 bits per heavy atom. The molecule has 21 heavy (non-hydrogen) atoms. The number of hydrogen-bond acceptors (Lipinski definition) is 5. The second-order valence-electron chi connectivity index (χ2n) is 4.46. The van der Waals surface area contributed by atoms with E-state index < -0.39 is 0 Å². The number of fused-ring (bicyclic) bond motifs is 2. The second kappa shape index (κ2) is 4.89. The molecular weight excluding hydrogens is 336 g/mol. The van der Waals surface area contributed by atoms with Crippen molar-refractivity contribution in [3.8, 4) is 23.1 Å². The third kappa shape index (κ3) is 2.27. The molecule has 1 aliphatic heterocycles. The van der Waals surface area contributed by atoms with Gasteiger partial charge in [0.2, 0.25) is 12.7 Å². The molecule has 0 radical (unpaired) electrons. The first-order chi connectivity index (χ1) is 10.3. The molecule has 0 atom stereocenters. The Morgan fingerprint density at radius 3 is 2.86 bits per heavy atom. The van der Waals surface area contributed by atoms with Gasteiger partial charge in [-0.1, -0.05) is 15.9 Å². The van der Waals surface area contributed by atoms with Crippen molar-refractivity contribution in [2.24, 2.45) is 0 Å². The van der Waals surface area contributed by atoms with Crippen LogP contribution in [0.2, 0.25) is 0 Å². The fourth-order valence-electron chi connectivity index (χ4n) is 2.14. The van der Waals surface area contributed by atoms with Crippen LogP contribution in [-0.2, 0) is 0 Å². The molecule has 6 heteroatoms. The highest BCUT2D eigenvalue weighted by molar-refractivity contribution is 9.10. The van der Waals surface area contributed by atoms with Gasteiger partial charge in [0.25, 0.3) is 0 Å². The van der Waals surface area contributed by atoms with Crippen LogP contribution in [0.4, 0.5) is 0 Å². The van der Waals surface area contributed by atoms with Gasteiger partial charge < -0.3 is 14.2 Å². The van der Waals surface area contributed by atoms with Crippen LogP contribution in [0.25, 0.3) is 10.9 Å². The molecule has 0 N–H and O–H groups in total. The third-order valence-corrected chi connectivity index (χ3v) is 3.61. The summed E-state index contributed by atoms with van der Waals surface area (Å²) in [5.41, 5.74) is 0.815. The average Bonchev–Trinajstić information content (AvgIpc) is 2.95. The van der Waals surface area contributed by atoms with E-state index in [4.69, 9.17) is 14.2 Å². The lowest BCUT2D eigenvalue weighted by Crippen LogP contribution is -1.93. The lowest BCUT2D eigenvalue weighted by molar-refractivity contribution is 0.174. The monoisotopic (exact) mass is 344 g/mol. The summed E-state index contributed by atoms with van der Waals surface area (Å²) in [4.78, 5) is 8.44. The van der Waals surface area contributed by atoms with Crippen LogP contribution in [-0.4, -0.2) is 16.8 Å². The fraction of sp³-hybridized carbons (Fsp3) is 0.0667. The van der Waals surface area contributed by atoms with Crippen molar-refractivity contribution < 1.29 is 14.2 Å². The third-order valence-electron chi connectivity index (χ3n) is 3.12. The van der Waals surface area contributed by atoms with E-state index in [0.29, 0.717) is 17.4 Å². The van der Waals surface area contributed by atoms with Gasteiger partial charge in [-0.25, -0.2) is 9.97 Å². The summed E-state index contributed by atoms with van der Waals surface area (Å²) >= 11 is 3.43. The van der Waals surface area contributed by atoms with Gasteiger partial charge in [0.15, 0.2) is 11.5 Å². The zero-order valence-corrected chi connectivity index (χ0v) is 12.3. The minimum Gasteiger partial charge on any atom is -0.454 e. The van der Waals surface area contributed by atoms with E-state index in [1.54, 1.807) is 6.07 Å². The van der Waals surface area contributed by atoms with Crippen LogP contribution >= 0.6 is 15.9 Å². The standard InChI is InChI=1S/C15H9BrN2O3/c16-9-1-3-11-12(5-9)17-7-18-15(11)21-10-2-4-13-14(6-10)20-8-19-13/h1-7H,8H2. The summed E-state index contributed by atoms with van der Waals surface area (Å²) in [6, 6.07) is 11.2. The number of nitrogens with zero attached hydrogens (tertiary/aromatic N) is 2. The molecular formula is C15H9BrN2O3. The van der Waals surface area contributed by atoms with Crippen LogP contribution in [0.1, 0.15) is 0 Å². The van der Waals surface area contributed by atoms with Gasteiger partial charge in [-0.3, -0.25) is 0 Å². The highest BCUT2D eigenvalue weighted by Crippen LogP contribution is 2.37. The van der Waals surface area contributed by atoms with Crippen LogP contribution in [0, 0.1) is 0 Å². The van der Waals surface area contributed by atoms with Gasteiger partial charge in [0, 0.05) is 10.5 Å². The van der Waals surface area contributed by atoms with Crippen LogP contribution < -0.4 is 14.2 Å². The number of benzene rings is 2. The molecule has 5 nitrogen and oxygen atoms in total. The largest absolute Gasteiger partial charge is 0.454 e. The molecule has 0 amide bonds. The Hall–Kier alpha value is -2.34. The Bertz CT molecular complexity index is 838. The molecule has 0 saturated carbocycles. The van der Waals surface area contributed by atoms with Crippen molar-refractivity contribution in [3.05, 3.63) is 47.2 Å². The Labute approximate surface area is 128 Å². The topological polar surface area (TPSA) is 53.5 Å². The normalized spacial score (nSPS) is 12.6. The molecule has 104 valence electrons. The first kappa shape index (κ1) is 12.4. The SMILES string of the molecule is Brc1ccc2c(Oc3ccc4c(c3)OCO4)ncnc2c1. The van der Waals surface area contributed by atoms with Gasteiger partial charge in [-0.05, 0) is 30.3 Å². The summed E-state index contributed by atoms with van der Waals surface area (Å²) in [6.45, 7) is 0.239. The van der Waals surface area contributed by atoms with E-state index in [1.165, 1.54) is 6.33 Å². The maximum atomic E-state index is 5.85. The van der Waals surface area contributed by atoms with Crippen molar-refractivity contribution >= 4 is 26.8 Å². The van der Waals surface area contributed by atoms with Crippen LogP contribution in [0.5, 0.6) is 23.1 Å². The average molecular weight is 345 g/mol. The maximum Gasteiger partial charge on any atom is 0.231 e. The lowest BCUT2D eigenvalue weighted by atomic mass is 10.2. The Morgan fingerprint density at radius 2 is 1.90 bits per heavy atom. The number of rotatable bonds is 2. The first-order valence-corrected chi connectivity index (χ1v) is 7.07. The van der Waals surface area contributed by atoms with Gasteiger partial charge >= 0.3 is 0 Å². The number of aromatic nitrogens is 2. The van der Waals surface area contributed by atoms with Crippen molar-refractivity contribution in [3.63, 3.8) is 0 Å². The molecule has 4 rings (SSSR count). The molecule has 0 unspecified atom stereocenters. The van der Waals surface area contributed by atoms with Gasteiger partial charge in [-0.2, -0.15) is 0 Å². The molecule has 0 bridgehead atoms. The molecule has 0 aliphatic carbocycles. The lowest BCUT2D eigenvalue weighted by Gasteiger charge is -2.08. The molecule has 0 saturated heterocycles. The summed E-state index contributed by atoms with van der Waals surface area (Å²) in [7, 11) is 0. The highest BCUT2D eigenvalue weighted by Gasteiger charge is 2.15. The highest BCUT2D eigenvalue weighted by atomic mass is 79.9. The molecule has 2 aromatic carbocycles. The molecule has 3 aromatic rings. The molecule has 1 aromatic heterocycles. The van der Waals surface area contributed by atoms with Crippen molar-refractivity contribution in [1.29, 1.82) is 0 Å². The summed E-state index contributed by atoms with van der Waals surface area (Å²) in [5, 5.41) is 0.846. The maximum absolute atomic E-state index is 5.85. The van der Waals surface area contributed by atoms with Gasteiger partial charge in [-0.15, -0.1) is 0 Å². The quantitative estimate of drug-likeness (QED) is 0.705. The molecule has 1 aliphatic rings. The van der Waals surface area contributed by atoms with Crippen molar-refractivity contribution in [1.82, 2.24) is 9.97 Å². The predicted molar refractivity (Wildman–Crippen MR) is 79.9 cm³/mol. The van der Waals surface area contributed by atoms with Crippen LogP contribution in [0.15, 0.2) is 47.2 Å². The number of halogens is 1. The zero-order chi connectivity index (χ0) is 14.2. The first-order valence-electron chi connectivity index (χ1n) is 6.27. The van der Waals surface area contributed by atoms with E-state index in [-0.39, 0.29) is 6.79 Å². The Balaban J connectivity index is 1.74. The second-order valence-corrected chi connectivity index (χ2v) is 5.37. The van der Waals surface area contributed by atoms with Crippen molar-refractivity contribution in [2.75, 3.05) is 6.79 Å². The van der Waals surface area contributed by atoms with Crippen molar-refractivity contribution in [2.45, 2.75) is 0 Å². The summed E-state index contributed by atoms with van der Waals surface area (Å²) < 4.78 is 17.4. The predicted octanol–water partition coefficient (Wildman–Crippen LogP) is 3.91. The van der Waals surface area contributed by atoms with Gasteiger partial charge in [0.1, 0.15) is 12.1 Å². The minimum absolute atomic E-state index is 0.239. The van der Waals surface area contributed by atoms with E-state index in [2.05, 4.69) is 25.9 Å². The summed E-state index contributed by atoms with van der Waals surface area (Å²) in [6.07, 6.45) is 1.48. The van der Waals surface area contributed by atoms with Crippen LogP contribution in [0.3, 0.4) is 0 Å².